The molecule has 1 aromatic heterocycles. The molecule has 0 aliphatic heterocycles. The Balaban J connectivity index is 2.73. The number of hydrogen-bond donors (Lipinski definition) is 2. The van der Waals surface area contributed by atoms with E-state index in [-0.39, 0.29) is 22.5 Å². The average Bonchev–Trinajstić information content (AvgIpc) is 2.26. The summed E-state index contributed by atoms with van der Waals surface area (Å²) in [5.41, 5.74) is -0.308. The molecular formula is C11H8N2O3. The topological polar surface area (TPSA) is 91.1 Å². The number of pyridine rings is 1. The van der Waals surface area contributed by atoms with E-state index in [1.54, 1.807) is 0 Å². The lowest BCUT2D eigenvalue weighted by molar-refractivity contribution is 0.0929. The molecular weight excluding hydrogens is 208 g/mol. The average molecular weight is 216 g/mol. The van der Waals surface area contributed by atoms with Gasteiger partial charge in [-0.1, -0.05) is 0 Å². The fourth-order valence-corrected chi connectivity index (χ4v) is 1.59. The maximum absolute atomic E-state index is 11.9. The van der Waals surface area contributed by atoms with Crippen molar-refractivity contribution in [3.05, 3.63) is 40.9 Å². The SMILES string of the molecule is CC(=N)C1=C(O)C(=O)c2ncccc2C1=O. The zero-order chi connectivity index (χ0) is 11.9. The quantitative estimate of drug-likeness (QED) is 0.692. The summed E-state index contributed by atoms with van der Waals surface area (Å²) in [5, 5.41) is 16.9. The lowest BCUT2D eigenvalue weighted by atomic mass is 9.89. The first-order valence-corrected chi connectivity index (χ1v) is 4.57. The minimum atomic E-state index is -0.711. The first-order valence-electron chi connectivity index (χ1n) is 4.57. The first-order chi connectivity index (χ1) is 7.54. The Bertz CT molecular complexity index is 558. The molecule has 5 heteroatoms. The van der Waals surface area contributed by atoms with Crippen LogP contribution in [0.25, 0.3) is 0 Å². The van der Waals surface area contributed by atoms with Crippen LogP contribution in [0.3, 0.4) is 0 Å². The lowest BCUT2D eigenvalue weighted by Gasteiger charge is -2.15. The predicted octanol–water partition coefficient (Wildman–Crippen LogP) is 1.31. The number of aliphatic hydroxyl groups is 1. The predicted molar refractivity (Wildman–Crippen MR) is 56.0 cm³/mol. The minimum absolute atomic E-state index is 0.0602. The number of carbonyl (C=O) groups excluding carboxylic acids is 2. The summed E-state index contributed by atoms with van der Waals surface area (Å²) in [6.45, 7) is 1.35. The van der Waals surface area contributed by atoms with E-state index in [1.165, 1.54) is 25.3 Å². The van der Waals surface area contributed by atoms with E-state index in [1.807, 2.05) is 0 Å². The Morgan fingerprint density at radius 1 is 1.38 bits per heavy atom. The van der Waals surface area contributed by atoms with Gasteiger partial charge in [0, 0.05) is 11.9 Å². The highest BCUT2D eigenvalue weighted by molar-refractivity contribution is 6.35. The Kier molecular flexibility index (Phi) is 2.16. The molecule has 16 heavy (non-hydrogen) atoms. The standard InChI is InChI=1S/C11H8N2O3/c1-5(12)7-9(14)6-3-2-4-13-8(6)11(16)10(7)15/h2-4,12,15H,1H3. The van der Waals surface area contributed by atoms with E-state index in [0.29, 0.717) is 0 Å². The number of nitrogens with zero attached hydrogens (tertiary/aromatic N) is 1. The molecule has 0 atom stereocenters. The third-order valence-corrected chi connectivity index (χ3v) is 2.32. The number of Topliss-reactive ketones (excluding diaryl/α,β-unsaturated/α-hetero) is 2. The van der Waals surface area contributed by atoms with Gasteiger partial charge in [-0.15, -0.1) is 0 Å². The molecule has 1 aliphatic rings. The van der Waals surface area contributed by atoms with Crippen LogP contribution in [0.1, 0.15) is 27.8 Å². The maximum atomic E-state index is 11.9. The van der Waals surface area contributed by atoms with Gasteiger partial charge in [0.05, 0.1) is 11.1 Å². The van der Waals surface area contributed by atoms with Crippen LogP contribution in [-0.2, 0) is 0 Å². The van der Waals surface area contributed by atoms with Crippen LogP contribution in [-0.4, -0.2) is 27.4 Å². The molecule has 1 aromatic rings. The van der Waals surface area contributed by atoms with Crippen molar-refractivity contribution in [1.82, 2.24) is 4.98 Å². The van der Waals surface area contributed by atoms with Crippen molar-refractivity contribution in [3.8, 4) is 0 Å². The molecule has 0 amide bonds. The molecule has 0 aromatic carbocycles. The Labute approximate surface area is 90.9 Å². The third kappa shape index (κ3) is 1.25. The molecule has 1 heterocycles. The molecule has 0 saturated heterocycles. The van der Waals surface area contributed by atoms with Gasteiger partial charge >= 0.3 is 0 Å². The van der Waals surface area contributed by atoms with Gasteiger partial charge in [-0.3, -0.25) is 14.6 Å². The van der Waals surface area contributed by atoms with E-state index < -0.39 is 17.3 Å². The maximum Gasteiger partial charge on any atom is 0.247 e. The van der Waals surface area contributed by atoms with E-state index in [2.05, 4.69) is 4.98 Å². The van der Waals surface area contributed by atoms with Crippen LogP contribution in [0.5, 0.6) is 0 Å². The summed E-state index contributed by atoms with van der Waals surface area (Å²) in [6, 6.07) is 2.99. The summed E-state index contributed by atoms with van der Waals surface area (Å²) in [6.07, 6.45) is 1.37. The van der Waals surface area contributed by atoms with E-state index in [9.17, 15) is 14.7 Å². The second kappa shape index (κ2) is 3.37. The summed E-state index contributed by atoms with van der Waals surface area (Å²) in [7, 11) is 0. The number of aromatic nitrogens is 1. The molecule has 0 bridgehead atoms. The zero-order valence-corrected chi connectivity index (χ0v) is 8.44. The lowest BCUT2D eigenvalue weighted by Crippen LogP contribution is -2.26. The molecule has 5 nitrogen and oxygen atoms in total. The fraction of sp³-hybridized carbons (Fsp3) is 0.0909. The monoisotopic (exact) mass is 216 g/mol. The molecule has 0 radical (unpaired) electrons. The van der Waals surface area contributed by atoms with Crippen molar-refractivity contribution >= 4 is 17.3 Å². The van der Waals surface area contributed by atoms with Gasteiger partial charge in [0.25, 0.3) is 0 Å². The van der Waals surface area contributed by atoms with Crippen LogP contribution < -0.4 is 0 Å². The largest absolute Gasteiger partial charge is 0.504 e. The Hall–Kier alpha value is -2.30. The summed E-state index contributed by atoms with van der Waals surface area (Å²) in [4.78, 5) is 27.3. The number of nitrogens with one attached hydrogen (secondary N) is 1. The number of hydrogen-bond acceptors (Lipinski definition) is 5. The summed E-state index contributed by atoms with van der Waals surface area (Å²) < 4.78 is 0. The molecule has 1 aliphatic carbocycles. The number of allylic oxidation sites excluding steroid dienone is 2. The van der Waals surface area contributed by atoms with Crippen molar-refractivity contribution in [2.24, 2.45) is 0 Å². The Morgan fingerprint density at radius 3 is 2.69 bits per heavy atom. The summed E-state index contributed by atoms with van der Waals surface area (Å²) >= 11 is 0. The van der Waals surface area contributed by atoms with Crippen LogP contribution in [0.4, 0.5) is 0 Å². The van der Waals surface area contributed by atoms with Crippen molar-refractivity contribution in [2.75, 3.05) is 0 Å². The van der Waals surface area contributed by atoms with Gasteiger partial charge in [-0.25, -0.2) is 0 Å². The number of ketones is 2. The molecule has 2 N–H and O–H groups in total. The second-order valence-corrected chi connectivity index (χ2v) is 3.41. The van der Waals surface area contributed by atoms with Crippen LogP contribution >= 0.6 is 0 Å². The van der Waals surface area contributed by atoms with Crippen molar-refractivity contribution in [1.29, 1.82) is 5.41 Å². The molecule has 0 fully saturated rings. The molecule has 0 spiro atoms. The second-order valence-electron chi connectivity index (χ2n) is 3.41. The number of rotatable bonds is 1. The highest BCUT2D eigenvalue weighted by atomic mass is 16.3. The van der Waals surface area contributed by atoms with Crippen molar-refractivity contribution < 1.29 is 14.7 Å². The first kappa shape index (κ1) is 10.2. The Morgan fingerprint density at radius 2 is 2.06 bits per heavy atom. The fourth-order valence-electron chi connectivity index (χ4n) is 1.59. The minimum Gasteiger partial charge on any atom is -0.504 e. The smallest absolute Gasteiger partial charge is 0.247 e. The van der Waals surface area contributed by atoms with Gasteiger partial charge in [-0.05, 0) is 19.1 Å². The molecule has 2 rings (SSSR count). The van der Waals surface area contributed by atoms with Crippen molar-refractivity contribution in [3.63, 3.8) is 0 Å². The normalized spacial score (nSPS) is 15.1. The van der Waals surface area contributed by atoms with Crippen LogP contribution in [0, 0.1) is 5.41 Å². The zero-order valence-electron chi connectivity index (χ0n) is 8.44. The van der Waals surface area contributed by atoms with Crippen LogP contribution in [0.15, 0.2) is 29.7 Å². The van der Waals surface area contributed by atoms with E-state index in [4.69, 9.17) is 5.41 Å². The molecule has 0 unspecified atom stereocenters. The van der Waals surface area contributed by atoms with Gasteiger partial charge in [0.2, 0.25) is 11.6 Å². The van der Waals surface area contributed by atoms with Gasteiger partial charge < -0.3 is 10.5 Å². The number of carbonyl (C=O) groups is 2. The van der Waals surface area contributed by atoms with Gasteiger partial charge in [-0.2, -0.15) is 0 Å². The van der Waals surface area contributed by atoms with Crippen molar-refractivity contribution in [2.45, 2.75) is 6.92 Å². The molecule has 80 valence electrons. The highest BCUT2D eigenvalue weighted by Crippen LogP contribution is 2.23. The molecule has 0 saturated carbocycles. The highest BCUT2D eigenvalue weighted by Gasteiger charge is 2.33. The van der Waals surface area contributed by atoms with Gasteiger partial charge in [0.15, 0.2) is 5.76 Å². The number of fused-ring (bicyclic) bond motifs is 1. The number of aliphatic hydroxyl groups excluding tert-OH is 1. The van der Waals surface area contributed by atoms with E-state index in [0.717, 1.165) is 0 Å². The van der Waals surface area contributed by atoms with Gasteiger partial charge in [0.1, 0.15) is 5.69 Å². The van der Waals surface area contributed by atoms with E-state index >= 15 is 0 Å². The summed E-state index contributed by atoms with van der Waals surface area (Å²) in [5.74, 6) is -1.94. The van der Waals surface area contributed by atoms with Crippen LogP contribution in [0.2, 0.25) is 0 Å². The third-order valence-electron chi connectivity index (χ3n) is 2.32.